The summed E-state index contributed by atoms with van der Waals surface area (Å²) in [6.45, 7) is 7.18. The third-order valence-electron chi connectivity index (χ3n) is 3.59. The Morgan fingerprint density at radius 3 is 2.67 bits per heavy atom. The monoisotopic (exact) mass is 243 g/mol. The fraction of sp³-hybridized carbons (Fsp3) is 0.400. The van der Waals surface area contributed by atoms with Crippen LogP contribution in [0.2, 0.25) is 0 Å². The Labute approximate surface area is 108 Å². The molecule has 1 heterocycles. The fourth-order valence-electron chi connectivity index (χ4n) is 2.14. The van der Waals surface area contributed by atoms with E-state index >= 15 is 0 Å². The van der Waals surface area contributed by atoms with E-state index in [1.54, 1.807) is 0 Å². The predicted octanol–water partition coefficient (Wildman–Crippen LogP) is 2.89. The molecule has 0 aliphatic rings. The Morgan fingerprint density at radius 2 is 1.94 bits per heavy atom. The van der Waals surface area contributed by atoms with Gasteiger partial charge in [0.05, 0.1) is 11.9 Å². The molecule has 2 rings (SSSR count). The number of imidazole rings is 1. The number of benzene rings is 1. The van der Waals surface area contributed by atoms with Crippen LogP contribution < -0.4 is 5.73 Å². The molecule has 0 saturated heterocycles. The summed E-state index contributed by atoms with van der Waals surface area (Å²) in [4.78, 5) is 7.80. The highest BCUT2D eigenvalue weighted by atomic mass is 14.9. The zero-order chi connectivity index (χ0) is 13.1. The first-order chi connectivity index (χ1) is 8.63. The second-order valence-electron chi connectivity index (χ2n) is 4.82. The molecule has 0 atom stereocenters. The van der Waals surface area contributed by atoms with E-state index in [1.165, 1.54) is 22.3 Å². The molecule has 1 aromatic heterocycles. The number of aromatic amines is 1. The van der Waals surface area contributed by atoms with E-state index in [-0.39, 0.29) is 0 Å². The van der Waals surface area contributed by atoms with Crippen LogP contribution in [0.1, 0.15) is 28.9 Å². The first kappa shape index (κ1) is 12.8. The van der Waals surface area contributed by atoms with Crippen LogP contribution in [0.4, 0.5) is 0 Å². The lowest BCUT2D eigenvalue weighted by Crippen LogP contribution is -2.01. The average Bonchev–Trinajstić information content (AvgIpc) is 2.82. The number of hydrogen-bond acceptors (Lipinski definition) is 2. The van der Waals surface area contributed by atoms with Crippen LogP contribution in [-0.4, -0.2) is 16.5 Å². The Balaban J connectivity index is 2.31. The van der Waals surface area contributed by atoms with Crippen LogP contribution in [0, 0.1) is 20.8 Å². The van der Waals surface area contributed by atoms with Gasteiger partial charge in [0, 0.05) is 12.0 Å². The zero-order valence-corrected chi connectivity index (χ0v) is 11.4. The molecule has 0 spiro atoms. The summed E-state index contributed by atoms with van der Waals surface area (Å²) in [5.41, 5.74) is 11.9. The maximum atomic E-state index is 5.51. The molecule has 3 N–H and O–H groups in total. The van der Waals surface area contributed by atoms with Crippen LogP contribution in [-0.2, 0) is 6.42 Å². The van der Waals surface area contributed by atoms with Crippen molar-refractivity contribution in [3.63, 3.8) is 0 Å². The summed E-state index contributed by atoms with van der Waals surface area (Å²) in [6, 6.07) is 4.33. The average molecular weight is 243 g/mol. The smallest absolute Gasteiger partial charge is 0.106 e. The number of nitrogens with two attached hydrogens (primary N) is 1. The van der Waals surface area contributed by atoms with Gasteiger partial charge in [-0.1, -0.05) is 12.1 Å². The third-order valence-corrected chi connectivity index (χ3v) is 3.59. The predicted molar refractivity (Wildman–Crippen MR) is 75.6 cm³/mol. The third kappa shape index (κ3) is 2.46. The summed E-state index contributed by atoms with van der Waals surface area (Å²) in [6.07, 6.45) is 3.81. The van der Waals surface area contributed by atoms with Crippen LogP contribution in [0.5, 0.6) is 0 Å². The molecular formula is C15H21N3. The van der Waals surface area contributed by atoms with E-state index in [4.69, 9.17) is 5.73 Å². The van der Waals surface area contributed by atoms with Gasteiger partial charge in [-0.3, -0.25) is 0 Å². The van der Waals surface area contributed by atoms with Crippen molar-refractivity contribution in [2.24, 2.45) is 5.73 Å². The van der Waals surface area contributed by atoms with Gasteiger partial charge in [0.2, 0.25) is 0 Å². The molecule has 0 aliphatic carbocycles. The summed E-state index contributed by atoms with van der Waals surface area (Å²) >= 11 is 0. The Kier molecular flexibility index (Phi) is 3.82. The number of aromatic nitrogens is 2. The number of hydrogen-bond donors (Lipinski definition) is 2. The molecule has 0 bridgehead atoms. The topological polar surface area (TPSA) is 54.7 Å². The lowest BCUT2D eigenvalue weighted by atomic mass is 9.97. The van der Waals surface area contributed by atoms with Gasteiger partial charge >= 0.3 is 0 Å². The first-order valence-electron chi connectivity index (χ1n) is 6.44. The highest BCUT2D eigenvalue weighted by molar-refractivity contribution is 5.65. The van der Waals surface area contributed by atoms with Crippen molar-refractivity contribution in [1.82, 2.24) is 9.97 Å². The van der Waals surface area contributed by atoms with Crippen LogP contribution in [0.3, 0.4) is 0 Å². The Bertz CT molecular complexity index is 541. The molecule has 18 heavy (non-hydrogen) atoms. The van der Waals surface area contributed by atoms with Gasteiger partial charge in [-0.15, -0.1) is 0 Å². The second-order valence-corrected chi connectivity index (χ2v) is 4.82. The van der Waals surface area contributed by atoms with Crippen molar-refractivity contribution in [3.05, 3.63) is 40.8 Å². The Hall–Kier alpha value is -1.61. The van der Waals surface area contributed by atoms with Crippen molar-refractivity contribution in [2.75, 3.05) is 6.54 Å². The van der Waals surface area contributed by atoms with Crippen molar-refractivity contribution in [3.8, 4) is 11.3 Å². The van der Waals surface area contributed by atoms with Crippen molar-refractivity contribution in [2.45, 2.75) is 33.6 Å². The van der Waals surface area contributed by atoms with Gasteiger partial charge in [-0.05, 0) is 50.4 Å². The van der Waals surface area contributed by atoms with Crippen molar-refractivity contribution < 1.29 is 0 Å². The number of nitrogens with zero attached hydrogens (tertiary/aromatic N) is 1. The second kappa shape index (κ2) is 5.36. The molecule has 0 fully saturated rings. The molecule has 1 aromatic carbocycles. The van der Waals surface area contributed by atoms with Gasteiger partial charge in [0.25, 0.3) is 0 Å². The van der Waals surface area contributed by atoms with Gasteiger partial charge in [-0.25, -0.2) is 4.98 Å². The van der Waals surface area contributed by atoms with E-state index in [2.05, 4.69) is 42.9 Å². The normalized spacial score (nSPS) is 10.9. The molecule has 3 nitrogen and oxygen atoms in total. The molecular weight excluding hydrogens is 222 g/mol. The maximum absolute atomic E-state index is 5.51. The van der Waals surface area contributed by atoms with Gasteiger partial charge in [0.15, 0.2) is 0 Å². The van der Waals surface area contributed by atoms with E-state index < -0.39 is 0 Å². The van der Waals surface area contributed by atoms with Crippen molar-refractivity contribution >= 4 is 0 Å². The van der Waals surface area contributed by atoms with E-state index in [9.17, 15) is 0 Å². The molecule has 0 radical (unpaired) electrons. The van der Waals surface area contributed by atoms with Gasteiger partial charge in [-0.2, -0.15) is 0 Å². The van der Waals surface area contributed by atoms with Crippen LogP contribution >= 0.6 is 0 Å². The lowest BCUT2D eigenvalue weighted by Gasteiger charge is -2.09. The summed E-state index contributed by atoms with van der Waals surface area (Å²) < 4.78 is 0. The van der Waals surface area contributed by atoms with Gasteiger partial charge < -0.3 is 10.7 Å². The van der Waals surface area contributed by atoms with Crippen molar-refractivity contribution in [1.29, 1.82) is 0 Å². The van der Waals surface area contributed by atoms with E-state index in [1.807, 2.05) is 6.20 Å². The minimum Gasteiger partial charge on any atom is -0.342 e. The Morgan fingerprint density at radius 1 is 1.17 bits per heavy atom. The molecule has 0 unspecified atom stereocenters. The molecule has 96 valence electrons. The molecule has 2 aromatic rings. The lowest BCUT2D eigenvalue weighted by molar-refractivity contribution is 0.794. The van der Waals surface area contributed by atoms with Crippen LogP contribution in [0.15, 0.2) is 18.3 Å². The fourth-order valence-corrected chi connectivity index (χ4v) is 2.14. The number of nitrogens with one attached hydrogen (secondary N) is 1. The van der Waals surface area contributed by atoms with Crippen LogP contribution in [0.25, 0.3) is 11.3 Å². The van der Waals surface area contributed by atoms with E-state index in [0.717, 1.165) is 24.4 Å². The molecule has 0 saturated carbocycles. The molecule has 3 heteroatoms. The molecule has 0 amide bonds. The quantitative estimate of drug-likeness (QED) is 0.867. The summed E-state index contributed by atoms with van der Waals surface area (Å²) in [5.74, 6) is 1.02. The van der Waals surface area contributed by atoms with E-state index in [0.29, 0.717) is 6.54 Å². The SMILES string of the molecule is Cc1ccc(-c2cnc(CCCN)[nH]2)c(C)c1C. The summed E-state index contributed by atoms with van der Waals surface area (Å²) in [5, 5.41) is 0. The summed E-state index contributed by atoms with van der Waals surface area (Å²) in [7, 11) is 0. The zero-order valence-electron chi connectivity index (χ0n) is 11.4. The number of H-pyrrole nitrogens is 1. The maximum Gasteiger partial charge on any atom is 0.106 e. The minimum atomic E-state index is 0.707. The first-order valence-corrected chi connectivity index (χ1v) is 6.44. The standard InChI is InChI=1S/C15H21N3/c1-10-6-7-13(12(3)11(10)2)14-9-17-15(18-14)5-4-8-16/h6-7,9H,4-5,8,16H2,1-3H3,(H,17,18). The highest BCUT2D eigenvalue weighted by Gasteiger charge is 2.08. The minimum absolute atomic E-state index is 0.707. The number of aryl methyl sites for hydroxylation is 2. The van der Waals surface area contributed by atoms with Gasteiger partial charge in [0.1, 0.15) is 5.82 Å². The number of rotatable bonds is 4. The highest BCUT2D eigenvalue weighted by Crippen LogP contribution is 2.26. The largest absolute Gasteiger partial charge is 0.342 e. The molecule has 0 aliphatic heterocycles.